The van der Waals surface area contributed by atoms with E-state index in [1.165, 1.54) is 12.5 Å². The van der Waals surface area contributed by atoms with Crippen LogP contribution in [0.4, 0.5) is 0 Å². The lowest BCUT2D eigenvalue weighted by atomic mass is 10.00. The summed E-state index contributed by atoms with van der Waals surface area (Å²) in [5.74, 6) is -0.00744. The highest BCUT2D eigenvalue weighted by Gasteiger charge is 2.20. The van der Waals surface area contributed by atoms with Crippen molar-refractivity contribution >= 4 is 5.91 Å². The van der Waals surface area contributed by atoms with Crippen molar-refractivity contribution in [2.45, 2.75) is 38.8 Å². The van der Waals surface area contributed by atoms with Crippen LogP contribution in [0.2, 0.25) is 0 Å². The molecule has 1 aromatic rings. The predicted octanol–water partition coefficient (Wildman–Crippen LogP) is 2.16. The van der Waals surface area contributed by atoms with Crippen molar-refractivity contribution in [2.75, 3.05) is 7.11 Å². The Hall–Kier alpha value is -1.35. The number of amides is 1. The van der Waals surface area contributed by atoms with Gasteiger partial charge in [-0.3, -0.25) is 4.79 Å². The molecule has 0 unspecified atom stereocenters. The van der Waals surface area contributed by atoms with E-state index in [0.717, 1.165) is 12.8 Å². The lowest BCUT2D eigenvalue weighted by molar-refractivity contribution is -0.120. The fourth-order valence-electron chi connectivity index (χ4n) is 1.96. The largest absolute Gasteiger partial charge is 0.379 e. The van der Waals surface area contributed by atoms with E-state index in [1.807, 2.05) is 18.2 Å². The molecule has 0 spiro atoms. The summed E-state index contributed by atoms with van der Waals surface area (Å²) < 4.78 is 5.49. The molecule has 1 amide bonds. The molecule has 0 aliphatic carbocycles. The first kappa shape index (κ1) is 13.7. The highest BCUT2D eigenvalue weighted by atomic mass is 16.5. The van der Waals surface area contributed by atoms with Crippen LogP contribution < -0.4 is 5.32 Å². The average Bonchev–Trinajstić information content (AvgIpc) is 2.34. The topological polar surface area (TPSA) is 38.3 Å². The first-order valence-corrected chi connectivity index (χ1v) is 6.01. The van der Waals surface area contributed by atoms with E-state index in [-0.39, 0.29) is 18.1 Å². The van der Waals surface area contributed by atoms with E-state index in [2.05, 4.69) is 24.4 Å². The van der Waals surface area contributed by atoms with Gasteiger partial charge in [-0.05, 0) is 12.0 Å². The Morgan fingerprint density at radius 1 is 1.35 bits per heavy atom. The zero-order valence-corrected chi connectivity index (χ0v) is 10.8. The van der Waals surface area contributed by atoms with E-state index >= 15 is 0 Å². The number of hydrogen-bond acceptors (Lipinski definition) is 2. The van der Waals surface area contributed by atoms with E-state index in [4.69, 9.17) is 4.74 Å². The van der Waals surface area contributed by atoms with Gasteiger partial charge in [0.15, 0.2) is 0 Å². The van der Waals surface area contributed by atoms with Gasteiger partial charge in [0.2, 0.25) is 5.91 Å². The van der Waals surface area contributed by atoms with Crippen LogP contribution in [0.25, 0.3) is 0 Å². The van der Waals surface area contributed by atoms with Gasteiger partial charge >= 0.3 is 0 Å². The number of nitrogens with one attached hydrogen (secondary N) is 1. The quantitative estimate of drug-likeness (QED) is 0.820. The monoisotopic (exact) mass is 235 g/mol. The molecule has 0 aromatic heterocycles. The third-order valence-electron chi connectivity index (χ3n) is 2.86. The van der Waals surface area contributed by atoms with Crippen LogP contribution in [0.3, 0.4) is 0 Å². The van der Waals surface area contributed by atoms with E-state index in [1.54, 1.807) is 7.11 Å². The smallest absolute Gasteiger partial charge is 0.217 e. The number of rotatable bonds is 6. The minimum absolute atomic E-state index is 0.00744. The molecule has 94 valence electrons. The Kier molecular flexibility index (Phi) is 5.70. The maximum atomic E-state index is 11.1. The van der Waals surface area contributed by atoms with Crippen molar-refractivity contribution < 1.29 is 9.53 Å². The number of carbonyl (C=O) groups excluding carboxylic acids is 1. The molecular formula is C14H21NO2. The summed E-state index contributed by atoms with van der Waals surface area (Å²) in [6, 6.07) is 10.2. The molecule has 0 radical (unpaired) electrons. The van der Waals surface area contributed by atoms with Crippen molar-refractivity contribution in [3.05, 3.63) is 35.9 Å². The second-order valence-corrected chi connectivity index (χ2v) is 4.18. The summed E-state index contributed by atoms with van der Waals surface area (Å²) in [5.41, 5.74) is 1.23. The molecule has 1 aromatic carbocycles. The molecule has 1 rings (SSSR count). The average molecular weight is 235 g/mol. The SMILES string of the molecule is CC[C@@H](NC(C)=O)[C@@H](Cc1ccccc1)OC. The lowest BCUT2D eigenvalue weighted by Crippen LogP contribution is -2.43. The summed E-state index contributed by atoms with van der Waals surface area (Å²) in [7, 11) is 1.69. The zero-order valence-electron chi connectivity index (χ0n) is 10.8. The molecule has 0 saturated carbocycles. The van der Waals surface area contributed by atoms with Crippen LogP contribution in [0, 0.1) is 0 Å². The van der Waals surface area contributed by atoms with Gasteiger partial charge in [-0.1, -0.05) is 37.3 Å². The van der Waals surface area contributed by atoms with Crippen LogP contribution in [0.1, 0.15) is 25.8 Å². The molecular weight excluding hydrogens is 214 g/mol. The molecule has 2 atom stereocenters. The van der Waals surface area contributed by atoms with Crippen molar-refractivity contribution in [1.82, 2.24) is 5.32 Å². The standard InChI is InChI=1S/C14H21NO2/c1-4-13(15-11(2)16)14(17-3)10-12-8-6-5-7-9-12/h5-9,13-14H,4,10H2,1-3H3,(H,15,16)/t13-,14-/m1/s1. The number of ether oxygens (including phenoxy) is 1. The van der Waals surface area contributed by atoms with Gasteiger partial charge in [-0.15, -0.1) is 0 Å². The van der Waals surface area contributed by atoms with Gasteiger partial charge < -0.3 is 10.1 Å². The number of benzene rings is 1. The third-order valence-corrected chi connectivity index (χ3v) is 2.86. The summed E-state index contributed by atoms with van der Waals surface area (Å²) in [4.78, 5) is 11.1. The van der Waals surface area contributed by atoms with Gasteiger partial charge in [-0.25, -0.2) is 0 Å². The second kappa shape index (κ2) is 7.07. The molecule has 0 aliphatic heterocycles. The van der Waals surface area contributed by atoms with Gasteiger partial charge in [0, 0.05) is 20.5 Å². The predicted molar refractivity (Wildman–Crippen MR) is 68.8 cm³/mol. The van der Waals surface area contributed by atoms with E-state index < -0.39 is 0 Å². The van der Waals surface area contributed by atoms with Gasteiger partial charge in [0.05, 0.1) is 12.1 Å². The van der Waals surface area contributed by atoms with E-state index in [9.17, 15) is 4.79 Å². The van der Waals surface area contributed by atoms with Crippen molar-refractivity contribution in [2.24, 2.45) is 0 Å². The zero-order chi connectivity index (χ0) is 12.7. The highest BCUT2D eigenvalue weighted by Crippen LogP contribution is 2.11. The Morgan fingerprint density at radius 3 is 2.47 bits per heavy atom. The number of carbonyl (C=O) groups is 1. The maximum absolute atomic E-state index is 11.1. The molecule has 1 N–H and O–H groups in total. The molecule has 0 fully saturated rings. The molecule has 0 bridgehead atoms. The van der Waals surface area contributed by atoms with Crippen LogP contribution >= 0.6 is 0 Å². The van der Waals surface area contributed by atoms with Crippen molar-refractivity contribution in [3.8, 4) is 0 Å². The van der Waals surface area contributed by atoms with Crippen molar-refractivity contribution in [1.29, 1.82) is 0 Å². The highest BCUT2D eigenvalue weighted by molar-refractivity contribution is 5.73. The summed E-state index contributed by atoms with van der Waals surface area (Å²) in [6.45, 7) is 3.59. The molecule has 3 nitrogen and oxygen atoms in total. The Morgan fingerprint density at radius 2 is 2.00 bits per heavy atom. The van der Waals surface area contributed by atoms with Crippen LogP contribution in [0.5, 0.6) is 0 Å². The number of hydrogen-bond donors (Lipinski definition) is 1. The van der Waals surface area contributed by atoms with Gasteiger partial charge in [-0.2, -0.15) is 0 Å². The van der Waals surface area contributed by atoms with E-state index in [0.29, 0.717) is 0 Å². The minimum Gasteiger partial charge on any atom is -0.379 e. The molecule has 17 heavy (non-hydrogen) atoms. The summed E-state index contributed by atoms with van der Waals surface area (Å²) in [5, 5.41) is 2.94. The van der Waals surface area contributed by atoms with Crippen LogP contribution in [0.15, 0.2) is 30.3 Å². The fourth-order valence-corrected chi connectivity index (χ4v) is 1.96. The van der Waals surface area contributed by atoms with Gasteiger partial charge in [0.1, 0.15) is 0 Å². The third kappa shape index (κ3) is 4.57. The Labute approximate surface area is 103 Å². The fraction of sp³-hybridized carbons (Fsp3) is 0.500. The first-order chi connectivity index (χ1) is 8.17. The lowest BCUT2D eigenvalue weighted by Gasteiger charge is -2.25. The Balaban J connectivity index is 2.66. The Bertz CT molecular complexity index is 337. The first-order valence-electron chi connectivity index (χ1n) is 6.01. The number of methoxy groups -OCH3 is 1. The van der Waals surface area contributed by atoms with Crippen LogP contribution in [-0.4, -0.2) is 25.2 Å². The molecule has 3 heteroatoms. The minimum atomic E-state index is -0.00744. The molecule has 0 saturated heterocycles. The van der Waals surface area contributed by atoms with Crippen molar-refractivity contribution in [3.63, 3.8) is 0 Å². The maximum Gasteiger partial charge on any atom is 0.217 e. The summed E-state index contributed by atoms with van der Waals surface area (Å²) in [6.07, 6.45) is 1.70. The normalized spacial score (nSPS) is 14.1. The second-order valence-electron chi connectivity index (χ2n) is 4.18. The molecule has 0 heterocycles. The van der Waals surface area contributed by atoms with Crippen LogP contribution in [-0.2, 0) is 16.0 Å². The van der Waals surface area contributed by atoms with Gasteiger partial charge in [0.25, 0.3) is 0 Å². The summed E-state index contributed by atoms with van der Waals surface area (Å²) >= 11 is 0. The molecule has 0 aliphatic rings.